The van der Waals surface area contributed by atoms with Crippen LogP contribution < -0.4 is 15.8 Å². The van der Waals surface area contributed by atoms with Crippen LogP contribution in [-0.2, 0) is 17.8 Å². The molecule has 0 saturated heterocycles. The van der Waals surface area contributed by atoms with E-state index in [0.717, 1.165) is 45.4 Å². The van der Waals surface area contributed by atoms with E-state index in [9.17, 15) is 4.79 Å². The maximum absolute atomic E-state index is 12.2. The zero-order chi connectivity index (χ0) is 24.7. The van der Waals surface area contributed by atoms with Gasteiger partial charge >= 0.3 is 0 Å². The molecule has 5 rings (SSSR count). The Labute approximate surface area is 205 Å². The number of nitrogens with two attached hydrogens (primary N) is 1. The largest absolute Gasteiger partial charge is 0.383 e. The van der Waals surface area contributed by atoms with Gasteiger partial charge in [-0.1, -0.05) is 5.87 Å². The molecule has 4 aromatic heterocycles. The highest BCUT2D eigenvalue weighted by atomic mass is 32.2. The van der Waals surface area contributed by atoms with Crippen molar-refractivity contribution in [2.45, 2.75) is 19.9 Å². The standard InChI is InChI=1S/C24H27N9OS/c1-14-17(10-26-12-20(14)31-35(3)4)19-7-15-8-21(27-11-18(15)24(25)28-19)29-22-9-16-5-6-32(2)23(34)13-33(16)30-22/h7-12,31H,3,5-6,13H2,1-2,4H3,(H2,25,28)(H,27,29,30). The number of aromatic nitrogens is 5. The zero-order valence-corrected chi connectivity index (χ0v) is 20.7. The first-order valence-electron chi connectivity index (χ1n) is 11.1. The van der Waals surface area contributed by atoms with Gasteiger partial charge in [-0.25, -0.2) is 9.97 Å². The number of nitrogens with zero attached hydrogens (tertiary/aromatic N) is 6. The number of hydrogen-bond acceptors (Lipinski definition) is 8. The van der Waals surface area contributed by atoms with Crippen LogP contribution in [0.25, 0.3) is 22.0 Å². The van der Waals surface area contributed by atoms with E-state index in [2.05, 4.69) is 36.0 Å². The molecule has 1 unspecified atom stereocenters. The Balaban J connectivity index is 1.47. The van der Waals surface area contributed by atoms with Crippen molar-refractivity contribution in [1.29, 1.82) is 0 Å². The van der Waals surface area contributed by atoms with Crippen molar-refractivity contribution < 1.29 is 4.79 Å². The van der Waals surface area contributed by atoms with Crippen molar-refractivity contribution in [3.05, 3.63) is 48.0 Å². The van der Waals surface area contributed by atoms with Gasteiger partial charge in [0.2, 0.25) is 5.91 Å². The fraction of sp³-hybridized carbons (Fsp3) is 0.250. The summed E-state index contributed by atoms with van der Waals surface area (Å²) in [4.78, 5) is 27.4. The van der Waals surface area contributed by atoms with Crippen molar-refractivity contribution in [2.75, 3.05) is 35.6 Å². The summed E-state index contributed by atoms with van der Waals surface area (Å²) in [5, 5.41) is 9.48. The summed E-state index contributed by atoms with van der Waals surface area (Å²) in [7, 11) is 1.59. The highest BCUT2D eigenvalue weighted by Gasteiger charge is 2.19. The molecule has 0 aromatic carbocycles. The van der Waals surface area contributed by atoms with Gasteiger partial charge in [0.1, 0.15) is 18.2 Å². The molecule has 4 N–H and O–H groups in total. The van der Waals surface area contributed by atoms with Crippen LogP contribution in [-0.4, -0.2) is 61.3 Å². The molecule has 35 heavy (non-hydrogen) atoms. The maximum atomic E-state index is 12.2. The molecular weight excluding hydrogens is 462 g/mol. The number of likely N-dealkylation sites (N-methyl/N-ethyl adjacent to an activating group) is 1. The monoisotopic (exact) mass is 489 g/mol. The van der Waals surface area contributed by atoms with Gasteiger partial charge in [0.05, 0.1) is 17.6 Å². The molecule has 180 valence electrons. The van der Waals surface area contributed by atoms with Gasteiger partial charge in [-0.2, -0.15) is 5.10 Å². The topological polar surface area (TPSA) is 127 Å². The van der Waals surface area contributed by atoms with Crippen molar-refractivity contribution in [1.82, 2.24) is 29.6 Å². The molecule has 0 aliphatic carbocycles. The highest BCUT2D eigenvalue weighted by Crippen LogP contribution is 2.32. The smallest absolute Gasteiger partial charge is 0.244 e. The first kappa shape index (κ1) is 22.8. The second kappa shape index (κ2) is 8.99. The number of nitrogen functional groups attached to an aromatic ring is 1. The summed E-state index contributed by atoms with van der Waals surface area (Å²) < 4.78 is 5.09. The van der Waals surface area contributed by atoms with Crippen molar-refractivity contribution in [3.63, 3.8) is 0 Å². The van der Waals surface area contributed by atoms with Crippen molar-refractivity contribution >= 4 is 56.4 Å². The average molecular weight is 490 g/mol. The number of amides is 1. The fourth-order valence-corrected chi connectivity index (χ4v) is 4.68. The molecule has 0 bridgehead atoms. The SMILES string of the molecule is C=S(C)Nc1cncc(-c2cc3cc(Nc4cc5n(n4)CC(=O)N(C)CC5)ncc3c(N)n2)c1C. The summed E-state index contributed by atoms with van der Waals surface area (Å²) in [5.74, 6) is 5.75. The average Bonchev–Trinajstić information content (AvgIpc) is 3.13. The summed E-state index contributed by atoms with van der Waals surface area (Å²) in [5.41, 5.74) is 10.9. The minimum atomic E-state index is -0.224. The zero-order valence-electron chi connectivity index (χ0n) is 19.9. The Hall–Kier alpha value is -3.99. The Morgan fingerprint density at radius 2 is 2.00 bits per heavy atom. The molecule has 1 aliphatic rings. The van der Waals surface area contributed by atoms with Gasteiger partial charge in [0.15, 0.2) is 5.82 Å². The molecule has 0 radical (unpaired) electrons. The Morgan fingerprint density at radius 1 is 1.17 bits per heavy atom. The second-order valence-corrected chi connectivity index (χ2v) is 10.1. The quantitative estimate of drug-likeness (QED) is 0.365. The molecule has 0 fully saturated rings. The molecule has 1 aliphatic heterocycles. The van der Waals surface area contributed by atoms with Gasteiger partial charge in [0.25, 0.3) is 0 Å². The van der Waals surface area contributed by atoms with Gasteiger partial charge in [-0.3, -0.25) is 14.5 Å². The number of anilines is 4. The first-order valence-corrected chi connectivity index (χ1v) is 12.9. The Morgan fingerprint density at radius 3 is 2.80 bits per heavy atom. The predicted octanol–water partition coefficient (Wildman–Crippen LogP) is 3.19. The number of carbonyl (C=O) groups is 1. The molecule has 10 nitrogen and oxygen atoms in total. The number of nitrogens with one attached hydrogen (secondary N) is 2. The van der Waals surface area contributed by atoms with E-state index in [1.54, 1.807) is 28.2 Å². The lowest BCUT2D eigenvalue weighted by Crippen LogP contribution is -2.29. The highest BCUT2D eigenvalue weighted by molar-refractivity contribution is 8.14. The summed E-state index contributed by atoms with van der Waals surface area (Å²) in [6.45, 7) is 2.93. The van der Waals surface area contributed by atoms with Crippen molar-refractivity contribution in [3.8, 4) is 11.3 Å². The fourth-order valence-electron chi connectivity index (χ4n) is 4.10. The minimum absolute atomic E-state index is 0.0481. The summed E-state index contributed by atoms with van der Waals surface area (Å²) >= 11 is 0. The molecule has 1 amide bonds. The van der Waals surface area contributed by atoms with Crippen LogP contribution in [0.1, 0.15) is 11.3 Å². The predicted molar refractivity (Wildman–Crippen MR) is 143 cm³/mol. The van der Waals surface area contributed by atoms with E-state index >= 15 is 0 Å². The Kier molecular flexibility index (Phi) is 5.85. The van der Waals surface area contributed by atoms with Gasteiger partial charge in [-0.15, -0.1) is 10.7 Å². The molecule has 0 saturated carbocycles. The number of hydrogen-bond donors (Lipinski definition) is 3. The number of rotatable bonds is 5. The van der Waals surface area contributed by atoms with Gasteiger partial charge < -0.3 is 20.7 Å². The third kappa shape index (κ3) is 4.54. The summed E-state index contributed by atoms with van der Waals surface area (Å²) in [6, 6.07) is 5.87. The van der Waals surface area contributed by atoms with Crippen LogP contribution in [0.4, 0.5) is 23.1 Å². The molecule has 1 atom stereocenters. The molecule has 11 heteroatoms. The van der Waals surface area contributed by atoms with Crippen LogP contribution in [0, 0.1) is 6.92 Å². The molecular formula is C24H27N9OS. The van der Waals surface area contributed by atoms with Crippen LogP contribution in [0.5, 0.6) is 0 Å². The second-order valence-electron chi connectivity index (χ2n) is 8.65. The molecule has 0 spiro atoms. The lowest BCUT2D eigenvalue weighted by molar-refractivity contribution is -0.130. The third-order valence-corrected chi connectivity index (χ3v) is 6.62. The van der Waals surface area contributed by atoms with E-state index in [1.165, 1.54) is 0 Å². The normalized spacial score (nSPS) is 14.5. The molecule has 5 heterocycles. The van der Waals surface area contributed by atoms with Crippen LogP contribution >= 0.6 is 10.7 Å². The first-order chi connectivity index (χ1) is 16.8. The van der Waals surface area contributed by atoms with E-state index in [-0.39, 0.29) is 23.1 Å². The lowest BCUT2D eigenvalue weighted by Gasteiger charge is -2.14. The number of carbonyl (C=O) groups excluding carboxylic acids is 1. The van der Waals surface area contributed by atoms with E-state index in [1.807, 2.05) is 38.4 Å². The van der Waals surface area contributed by atoms with Crippen LogP contribution in [0.3, 0.4) is 0 Å². The number of fused-ring (bicyclic) bond motifs is 2. The van der Waals surface area contributed by atoms with E-state index in [0.29, 0.717) is 24.0 Å². The van der Waals surface area contributed by atoms with Crippen molar-refractivity contribution in [2.24, 2.45) is 0 Å². The molecule has 4 aromatic rings. The summed E-state index contributed by atoms with van der Waals surface area (Å²) in [6.07, 6.45) is 8.05. The maximum Gasteiger partial charge on any atom is 0.244 e. The van der Waals surface area contributed by atoms with E-state index < -0.39 is 0 Å². The number of pyridine rings is 3. The van der Waals surface area contributed by atoms with Gasteiger partial charge in [-0.05, 0) is 36.3 Å². The van der Waals surface area contributed by atoms with Crippen LogP contribution in [0.2, 0.25) is 0 Å². The van der Waals surface area contributed by atoms with E-state index in [4.69, 9.17) is 5.73 Å². The van der Waals surface area contributed by atoms with Crippen LogP contribution in [0.15, 0.2) is 36.8 Å². The minimum Gasteiger partial charge on any atom is -0.383 e. The van der Waals surface area contributed by atoms with Gasteiger partial charge in [0, 0.05) is 55.1 Å². The Bertz CT molecular complexity index is 1480. The lowest BCUT2D eigenvalue weighted by atomic mass is 10.0. The third-order valence-electron chi connectivity index (χ3n) is 6.05.